The summed E-state index contributed by atoms with van der Waals surface area (Å²) in [6, 6.07) is 5.95. The number of piperidine rings is 1. The van der Waals surface area contributed by atoms with Crippen LogP contribution >= 0.6 is 11.3 Å². The summed E-state index contributed by atoms with van der Waals surface area (Å²) in [5.41, 5.74) is 2.21. The fourth-order valence-electron chi connectivity index (χ4n) is 4.13. The van der Waals surface area contributed by atoms with Crippen molar-refractivity contribution in [2.45, 2.75) is 52.1 Å². The standard InChI is InChI=1S/C21H24N2O3S/c1-3-15-6-4-5-9-23(15)11-17-18(24)8-7-14-10-16(21(25)26-19(14)17)20-22-13(2)12-27-20/h7-8,10,12,15,24H,3-6,9,11H2,1-2H3/p+1/t15-/m1/s1. The molecule has 0 amide bonds. The van der Waals surface area contributed by atoms with Crippen molar-refractivity contribution in [3.63, 3.8) is 0 Å². The molecule has 1 saturated heterocycles. The summed E-state index contributed by atoms with van der Waals surface area (Å²) in [5.74, 6) is 0.205. The molecule has 2 aromatic heterocycles. The lowest BCUT2D eigenvalue weighted by Crippen LogP contribution is -3.15. The second-order valence-corrected chi connectivity index (χ2v) is 8.27. The van der Waals surface area contributed by atoms with Crippen LogP contribution in [-0.4, -0.2) is 22.7 Å². The molecule has 2 N–H and O–H groups in total. The smallest absolute Gasteiger partial charge is 0.346 e. The van der Waals surface area contributed by atoms with E-state index < -0.39 is 5.63 Å². The molecule has 0 radical (unpaired) electrons. The number of hydrogen-bond acceptors (Lipinski definition) is 5. The van der Waals surface area contributed by atoms with Gasteiger partial charge in [-0.3, -0.25) is 0 Å². The number of phenols is 1. The van der Waals surface area contributed by atoms with Crippen LogP contribution < -0.4 is 10.5 Å². The van der Waals surface area contributed by atoms with Gasteiger partial charge in [-0.05, 0) is 50.8 Å². The van der Waals surface area contributed by atoms with E-state index in [1.54, 1.807) is 6.07 Å². The number of quaternary nitrogens is 1. The number of thiazole rings is 1. The first kappa shape index (κ1) is 18.2. The summed E-state index contributed by atoms with van der Waals surface area (Å²) < 4.78 is 5.72. The summed E-state index contributed by atoms with van der Waals surface area (Å²) in [6.07, 6.45) is 4.82. The van der Waals surface area contributed by atoms with Gasteiger partial charge < -0.3 is 14.4 Å². The SMILES string of the molecule is CC[C@@H]1CCCC[NH+]1Cc1c(O)ccc2cc(-c3nc(C)cs3)c(=O)oc12. The first-order valence-electron chi connectivity index (χ1n) is 9.62. The molecule has 3 heterocycles. The number of nitrogens with zero attached hydrogens (tertiary/aromatic N) is 1. The van der Waals surface area contributed by atoms with Crippen molar-refractivity contribution < 1.29 is 14.4 Å². The van der Waals surface area contributed by atoms with Crippen LogP contribution in [-0.2, 0) is 6.54 Å². The first-order valence-corrected chi connectivity index (χ1v) is 10.5. The van der Waals surface area contributed by atoms with E-state index in [1.165, 1.54) is 35.5 Å². The third kappa shape index (κ3) is 3.51. The number of phenolic OH excluding ortho intramolecular Hbond substituents is 1. The molecule has 4 rings (SSSR count). The number of aromatic nitrogens is 1. The molecule has 1 aliphatic rings. The minimum absolute atomic E-state index is 0.205. The molecule has 0 bridgehead atoms. The summed E-state index contributed by atoms with van der Waals surface area (Å²) >= 11 is 1.44. The Balaban J connectivity index is 1.78. The van der Waals surface area contributed by atoms with Gasteiger partial charge >= 0.3 is 5.63 Å². The Morgan fingerprint density at radius 2 is 2.22 bits per heavy atom. The lowest BCUT2D eigenvalue weighted by atomic mass is 9.98. The van der Waals surface area contributed by atoms with Gasteiger partial charge in [-0.25, -0.2) is 9.78 Å². The lowest BCUT2D eigenvalue weighted by molar-refractivity contribution is -0.944. The van der Waals surface area contributed by atoms with Gasteiger partial charge in [0.1, 0.15) is 17.3 Å². The van der Waals surface area contributed by atoms with Crippen LogP contribution in [0.25, 0.3) is 21.5 Å². The molecule has 5 nitrogen and oxygen atoms in total. The average molecular weight is 386 g/mol. The number of benzene rings is 1. The number of likely N-dealkylation sites (tertiary alicyclic amines) is 1. The second kappa shape index (κ2) is 7.44. The highest BCUT2D eigenvalue weighted by molar-refractivity contribution is 7.13. The Morgan fingerprint density at radius 3 is 2.96 bits per heavy atom. The van der Waals surface area contributed by atoms with Crippen LogP contribution in [0.1, 0.15) is 43.9 Å². The fourth-order valence-corrected chi connectivity index (χ4v) is 4.93. The predicted octanol–water partition coefficient (Wildman–Crippen LogP) is 3.28. The van der Waals surface area contributed by atoms with Crippen LogP contribution in [0.2, 0.25) is 0 Å². The molecule has 6 heteroatoms. The molecular weight excluding hydrogens is 360 g/mol. The minimum Gasteiger partial charge on any atom is -0.507 e. The molecule has 1 unspecified atom stereocenters. The van der Waals surface area contributed by atoms with Crippen molar-refractivity contribution >= 4 is 22.3 Å². The van der Waals surface area contributed by atoms with Gasteiger partial charge in [0.25, 0.3) is 0 Å². The van der Waals surface area contributed by atoms with Crippen LogP contribution in [0.15, 0.2) is 32.8 Å². The molecule has 142 valence electrons. The van der Waals surface area contributed by atoms with Gasteiger partial charge in [0.15, 0.2) is 5.58 Å². The maximum Gasteiger partial charge on any atom is 0.346 e. The maximum atomic E-state index is 12.6. The number of fused-ring (bicyclic) bond motifs is 1. The molecular formula is C21H25N2O3S+. The van der Waals surface area contributed by atoms with Crippen LogP contribution in [0.5, 0.6) is 5.75 Å². The highest BCUT2D eigenvalue weighted by atomic mass is 32.1. The van der Waals surface area contributed by atoms with E-state index in [2.05, 4.69) is 11.9 Å². The first-order chi connectivity index (χ1) is 13.1. The second-order valence-electron chi connectivity index (χ2n) is 7.41. The number of rotatable bonds is 4. The molecule has 27 heavy (non-hydrogen) atoms. The summed E-state index contributed by atoms with van der Waals surface area (Å²) in [4.78, 5) is 18.5. The fraction of sp³-hybridized carbons (Fsp3) is 0.429. The van der Waals surface area contributed by atoms with Gasteiger partial charge in [0.05, 0.1) is 23.7 Å². The van der Waals surface area contributed by atoms with Crippen LogP contribution in [0.3, 0.4) is 0 Å². The zero-order valence-electron chi connectivity index (χ0n) is 15.7. The topological polar surface area (TPSA) is 67.8 Å². The van der Waals surface area contributed by atoms with E-state index in [4.69, 9.17) is 4.42 Å². The number of nitrogens with one attached hydrogen (secondary N) is 1. The predicted molar refractivity (Wildman–Crippen MR) is 107 cm³/mol. The lowest BCUT2D eigenvalue weighted by Gasteiger charge is -2.32. The third-order valence-corrected chi connectivity index (χ3v) is 6.60. The van der Waals surface area contributed by atoms with E-state index in [0.29, 0.717) is 28.7 Å². The summed E-state index contributed by atoms with van der Waals surface area (Å²) in [7, 11) is 0. The van der Waals surface area contributed by atoms with E-state index in [9.17, 15) is 9.90 Å². The van der Waals surface area contributed by atoms with Gasteiger partial charge in [0, 0.05) is 16.5 Å². The number of hydrogen-bond donors (Lipinski definition) is 2. The number of aromatic hydroxyl groups is 1. The van der Waals surface area contributed by atoms with Gasteiger partial charge in [-0.15, -0.1) is 11.3 Å². The van der Waals surface area contributed by atoms with Crippen molar-refractivity contribution in [2.75, 3.05) is 6.54 Å². The quantitative estimate of drug-likeness (QED) is 0.677. The molecule has 0 aliphatic carbocycles. The van der Waals surface area contributed by atoms with E-state index in [0.717, 1.165) is 29.6 Å². The minimum atomic E-state index is -0.399. The molecule has 2 atom stereocenters. The Bertz CT molecular complexity index is 1020. The van der Waals surface area contributed by atoms with E-state index >= 15 is 0 Å². The Kier molecular flexibility index (Phi) is 5.02. The van der Waals surface area contributed by atoms with Gasteiger partial charge in [-0.2, -0.15) is 0 Å². The van der Waals surface area contributed by atoms with Crippen molar-refractivity contribution in [1.29, 1.82) is 0 Å². The Morgan fingerprint density at radius 1 is 1.37 bits per heavy atom. The van der Waals surface area contributed by atoms with Gasteiger partial charge in [-0.1, -0.05) is 6.92 Å². The monoisotopic (exact) mass is 385 g/mol. The van der Waals surface area contributed by atoms with Crippen LogP contribution in [0, 0.1) is 6.92 Å². The zero-order valence-corrected chi connectivity index (χ0v) is 16.6. The maximum absolute atomic E-state index is 12.6. The molecule has 3 aromatic rings. The molecule has 1 aromatic carbocycles. The molecule has 0 spiro atoms. The zero-order chi connectivity index (χ0) is 19.0. The normalized spacial score (nSPS) is 20.2. The van der Waals surface area contributed by atoms with E-state index in [-0.39, 0.29) is 5.75 Å². The molecule has 1 fully saturated rings. The Labute approximate surface area is 162 Å². The third-order valence-electron chi connectivity index (χ3n) is 5.60. The largest absolute Gasteiger partial charge is 0.507 e. The molecule has 1 aliphatic heterocycles. The highest BCUT2D eigenvalue weighted by Crippen LogP contribution is 2.29. The summed E-state index contributed by atoms with van der Waals surface area (Å²) in [6.45, 7) is 5.90. The Hall–Kier alpha value is -2.18. The van der Waals surface area contributed by atoms with E-state index in [1.807, 2.05) is 24.4 Å². The average Bonchev–Trinajstić information content (AvgIpc) is 3.10. The van der Waals surface area contributed by atoms with Crippen molar-refractivity contribution in [3.05, 3.63) is 45.3 Å². The van der Waals surface area contributed by atoms with Gasteiger partial charge in [0.2, 0.25) is 0 Å². The highest BCUT2D eigenvalue weighted by Gasteiger charge is 2.27. The summed E-state index contributed by atoms with van der Waals surface area (Å²) in [5, 5.41) is 13.9. The van der Waals surface area contributed by atoms with Crippen molar-refractivity contribution in [3.8, 4) is 16.3 Å². The van der Waals surface area contributed by atoms with Crippen molar-refractivity contribution in [2.24, 2.45) is 0 Å². The van der Waals surface area contributed by atoms with Crippen molar-refractivity contribution in [1.82, 2.24) is 4.98 Å². The molecule has 0 saturated carbocycles. The van der Waals surface area contributed by atoms with Crippen LogP contribution in [0.4, 0.5) is 0 Å². The number of aryl methyl sites for hydroxylation is 1.